The van der Waals surface area contributed by atoms with Crippen LogP contribution in [0.25, 0.3) is 10.9 Å². The average molecular weight is 432 g/mol. The fourth-order valence-corrected chi connectivity index (χ4v) is 3.36. The Hall–Kier alpha value is -2.45. The van der Waals surface area contributed by atoms with E-state index in [4.69, 9.17) is 10.8 Å². The number of fused-ring (bicyclic) bond motifs is 1. The zero-order valence-electron chi connectivity index (χ0n) is 15.1. The summed E-state index contributed by atoms with van der Waals surface area (Å²) in [7, 11) is 0. The Labute approximate surface area is 165 Å². The molecule has 0 atom stereocenters. The number of aliphatic hydroxyl groups excluding tert-OH is 1. The van der Waals surface area contributed by atoms with Crippen LogP contribution in [-0.2, 0) is 13.2 Å². The third-order valence-corrected chi connectivity index (χ3v) is 4.86. The Morgan fingerprint density at radius 3 is 2.59 bits per heavy atom. The molecule has 8 heteroatoms. The summed E-state index contributed by atoms with van der Waals surface area (Å²) < 4.78 is 2.29. The van der Waals surface area contributed by atoms with Crippen LogP contribution < -0.4 is 16.6 Å². The van der Waals surface area contributed by atoms with E-state index in [-0.39, 0.29) is 18.1 Å². The number of nitrogens with zero attached hydrogens (tertiary/aromatic N) is 3. The first-order valence-corrected chi connectivity index (χ1v) is 9.61. The van der Waals surface area contributed by atoms with E-state index in [9.17, 15) is 4.79 Å². The number of nitrogens with two attached hydrogens (primary N) is 1. The highest BCUT2D eigenvalue weighted by atomic mass is 79.9. The van der Waals surface area contributed by atoms with Gasteiger partial charge in [0.15, 0.2) is 0 Å². The molecule has 0 fully saturated rings. The van der Waals surface area contributed by atoms with Gasteiger partial charge < -0.3 is 20.7 Å². The van der Waals surface area contributed by atoms with Crippen LogP contribution in [0.2, 0.25) is 0 Å². The van der Waals surface area contributed by atoms with Gasteiger partial charge in [-0.05, 0) is 33.5 Å². The molecular formula is C19H22BrN5O2. The second kappa shape index (κ2) is 8.49. The predicted octanol–water partition coefficient (Wildman–Crippen LogP) is 2.89. The molecule has 0 radical (unpaired) electrons. The molecule has 7 nitrogen and oxygen atoms in total. The lowest BCUT2D eigenvalue weighted by Gasteiger charge is -2.13. The first-order valence-electron chi connectivity index (χ1n) is 8.82. The molecule has 0 saturated heterocycles. The monoisotopic (exact) mass is 431 g/mol. The number of hydrogen-bond acceptors (Lipinski definition) is 6. The van der Waals surface area contributed by atoms with E-state index >= 15 is 0 Å². The number of aliphatic hydroxyl groups is 1. The third kappa shape index (κ3) is 4.28. The Morgan fingerprint density at radius 1 is 1.22 bits per heavy atom. The third-order valence-electron chi connectivity index (χ3n) is 4.28. The standard InChI is InChI=1S/C19H22BrN5O2/c1-2-3-8-22-17-15-16(23-19(21)24-17)14(20)10-25(18(15)27)9-12-4-6-13(11-26)7-5-12/h4-7,10,26H,2-3,8-9,11H2,1H3,(H3,21,22,23,24). The lowest BCUT2D eigenvalue weighted by molar-refractivity contribution is 0.282. The molecule has 0 aliphatic carbocycles. The Kier molecular flexibility index (Phi) is 6.08. The minimum absolute atomic E-state index is 0.00665. The molecule has 0 saturated carbocycles. The second-order valence-electron chi connectivity index (χ2n) is 6.32. The molecule has 3 rings (SSSR count). The van der Waals surface area contributed by atoms with Crippen molar-refractivity contribution in [2.45, 2.75) is 32.9 Å². The van der Waals surface area contributed by atoms with Crippen LogP contribution in [0, 0.1) is 0 Å². The minimum Gasteiger partial charge on any atom is -0.392 e. The van der Waals surface area contributed by atoms with E-state index in [1.54, 1.807) is 10.8 Å². The maximum atomic E-state index is 13.1. The van der Waals surface area contributed by atoms with Crippen molar-refractivity contribution in [2.24, 2.45) is 0 Å². The molecule has 0 aliphatic rings. The van der Waals surface area contributed by atoms with Crippen molar-refractivity contribution in [3.8, 4) is 0 Å². The smallest absolute Gasteiger partial charge is 0.264 e. The lowest BCUT2D eigenvalue weighted by atomic mass is 10.1. The summed E-state index contributed by atoms with van der Waals surface area (Å²) in [4.78, 5) is 21.6. The number of hydrogen-bond donors (Lipinski definition) is 3. The van der Waals surface area contributed by atoms with Crippen LogP contribution in [0.3, 0.4) is 0 Å². The highest BCUT2D eigenvalue weighted by molar-refractivity contribution is 9.10. The number of anilines is 2. The molecule has 4 N–H and O–H groups in total. The van der Waals surface area contributed by atoms with Gasteiger partial charge in [-0.1, -0.05) is 37.6 Å². The van der Waals surface area contributed by atoms with E-state index in [1.165, 1.54) is 0 Å². The molecule has 0 bridgehead atoms. The van der Waals surface area contributed by atoms with Crippen LogP contribution in [0.1, 0.15) is 30.9 Å². The largest absolute Gasteiger partial charge is 0.392 e. The Morgan fingerprint density at radius 2 is 1.93 bits per heavy atom. The summed E-state index contributed by atoms with van der Waals surface area (Å²) in [6.45, 7) is 3.20. The maximum Gasteiger partial charge on any atom is 0.264 e. The van der Waals surface area contributed by atoms with Crippen LogP contribution in [0.15, 0.2) is 39.7 Å². The normalized spacial score (nSPS) is 11.1. The highest BCUT2D eigenvalue weighted by Gasteiger charge is 2.15. The van der Waals surface area contributed by atoms with Gasteiger partial charge in [0, 0.05) is 12.7 Å². The van der Waals surface area contributed by atoms with Crippen molar-refractivity contribution >= 4 is 38.6 Å². The summed E-state index contributed by atoms with van der Waals surface area (Å²) in [5.41, 5.74) is 7.93. The number of pyridine rings is 1. The highest BCUT2D eigenvalue weighted by Crippen LogP contribution is 2.25. The zero-order valence-corrected chi connectivity index (χ0v) is 16.7. The molecule has 0 unspecified atom stereocenters. The molecule has 2 aromatic heterocycles. The van der Waals surface area contributed by atoms with E-state index in [1.807, 2.05) is 24.3 Å². The number of nitrogens with one attached hydrogen (secondary N) is 1. The van der Waals surface area contributed by atoms with Crippen molar-refractivity contribution in [3.63, 3.8) is 0 Å². The summed E-state index contributed by atoms with van der Waals surface area (Å²) >= 11 is 3.50. The summed E-state index contributed by atoms with van der Waals surface area (Å²) in [5, 5.41) is 12.8. The van der Waals surface area contributed by atoms with E-state index in [0.717, 1.165) is 24.0 Å². The average Bonchev–Trinajstić information content (AvgIpc) is 2.66. The quantitative estimate of drug-likeness (QED) is 0.496. The Bertz CT molecular complexity index is 1000. The van der Waals surface area contributed by atoms with Crippen LogP contribution in [-0.4, -0.2) is 26.2 Å². The Balaban J connectivity index is 2.06. The van der Waals surface area contributed by atoms with Gasteiger partial charge in [0.05, 0.1) is 23.1 Å². The van der Waals surface area contributed by atoms with Crippen molar-refractivity contribution < 1.29 is 5.11 Å². The second-order valence-corrected chi connectivity index (χ2v) is 7.17. The molecule has 0 amide bonds. The molecule has 2 heterocycles. The van der Waals surface area contributed by atoms with Crippen molar-refractivity contribution in [1.82, 2.24) is 14.5 Å². The first-order chi connectivity index (χ1) is 13.0. The van der Waals surface area contributed by atoms with E-state index in [2.05, 4.69) is 38.1 Å². The number of nitrogen functional groups attached to an aromatic ring is 1. The number of halogens is 1. The number of benzene rings is 1. The number of unbranched alkanes of at least 4 members (excludes halogenated alkanes) is 1. The number of aromatic nitrogens is 3. The van der Waals surface area contributed by atoms with Gasteiger partial charge in [0.25, 0.3) is 5.56 Å². The topological polar surface area (TPSA) is 106 Å². The van der Waals surface area contributed by atoms with Gasteiger partial charge in [-0.15, -0.1) is 0 Å². The van der Waals surface area contributed by atoms with Gasteiger partial charge in [0.2, 0.25) is 5.95 Å². The number of rotatable bonds is 7. The van der Waals surface area contributed by atoms with Crippen LogP contribution >= 0.6 is 15.9 Å². The van der Waals surface area contributed by atoms with Gasteiger partial charge in [-0.2, -0.15) is 4.98 Å². The van der Waals surface area contributed by atoms with Gasteiger partial charge in [0.1, 0.15) is 11.2 Å². The van der Waals surface area contributed by atoms with Gasteiger partial charge in [-0.3, -0.25) is 4.79 Å². The summed E-state index contributed by atoms with van der Waals surface area (Å²) in [6, 6.07) is 7.49. The van der Waals surface area contributed by atoms with Crippen molar-refractivity contribution in [1.29, 1.82) is 0 Å². The summed E-state index contributed by atoms with van der Waals surface area (Å²) in [6.07, 6.45) is 3.71. The molecular weight excluding hydrogens is 410 g/mol. The van der Waals surface area contributed by atoms with Crippen molar-refractivity contribution in [3.05, 3.63) is 56.4 Å². The first kappa shape index (κ1) is 19.3. The maximum absolute atomic E-state index is 13.1. The lowest BCUT2D eigenvalue weighted by Crippen LogP contribution is -2.23. The van der Waals surface area contributed by atoms with Gasteiger partial charge >= 0.3 is 0 Å². The fourth-order valence-electron chi connectivity index (χ4n) is 2.83. The molecule has 27 heavy (non-hydrogen) atoms. The van der Waals surface area contributed by atoms with E-state index < -0.39 is 0 Å². The molecule has 0 spiro atoms. The summed E-state index contributed by atoms with van der Waals surface area (Å²) in [5.74, 6) is 0.584. The molecule has 1 aromatic carbocycles. The van der Waals surface area contributed by atoms with Crippen molar-refractivity contribution in [2.75, 3.05) is 17.6 Å². The van der Waals surface area contributed by atoms with Crippen LogP contribution in [0.4, 0.5) is 11.8 Å². The predicted molar refractivity (Wildman–Crippen MR) is 111 cm³/mol. The molecule has 3 aromatic rings. The molecule has 142 valence electrons. The minimum atomic E-state index is -0.182. The fraction of sp³-hybridized carbons (Fsp3) is 0.316. The van der Waals surface area contributed by atoms with Crippen LogP contribution in [0.5, 0.6) is 0 Å². The molecule has 0 aliphatic heterocycles. The van der Waals surface area contributed by atoms with Gasteiger partial charge in [-0.25, -0.2) is 4.98 Å². The van der Waals surface area contributed by atoms with E-state index in [0.29, 0.717) is 34.3 Å². The zero-order chi connectivity index (χ0) is 19.4. The SMILES string of the molecule is CCCCNc1nc(N)nc2c(Br)cn(Cc3ccc(CO)cc3)c(=O)c12.